The molecule has 0 bridgehead atoms. The molecule has 0 saturated carbocycles. The normalized spacial score (nSPS) is 11.5. The lowest BCUT2D eigenvalue weighted by molar-refractivity contribution is 0.299. The van der Waals surface area contributed by atoms with Gasteiger partial charge in [-0.15, -0.1) is 0 Å². The lowest BCUT2D eigenvalue weighted by Gasteiger charge is -2.09. The number of nitrogens with one attached hydrogen (secondary N) is 1. The monoisotopic (exact) mass is 369 g/mol. The van der Waals surface area contributed by atoms with Crippen molar-refractivity contribution in [1.29, 1.82) is 0 Å². The summed E-state index contributed by atoms with van der Waals surface area (Å²) in [5, 5.41) is 8.85. The molecular weight excluding hydrogens is 354 g/mol. The maximum absolute atomic E-state index is 12.2. The number of hydrogen-bond donors (Lipinski definition) is 2. The predicted molar refractivity (Wildman–Crippen MR) is 85.4 cm³/mol. The summed E-state index contributed by atoms with van der Waals surface area (Å²) in [6.07, 6.45) is 0.519. The highest BCUT2D eigenvalue weighted by Crippen LogP contribution is 2.17. The molecule has 0 aromatic heterocycles. The first-order chi connectivity index (χ1) is 10.0. The van der Waals surface area contributed by atoms with Gasteiger partial charge in [-0.2, -0.15) is 0 Å². The summed E-state index contributed by atoms with van der Waals surface area (Å²) in [4.78, 5) is 0.219. The van der Waals surface area contributed by atoms with Gasteiger partial charge in [0.05, 0.1) is 4.90 Å². The summed E-state index contributed by atoms with van der Waals surface area (Å²) in [5.74, 6) is 0. The standard InChI is InChI=1S/C15H16BrNO3S/c16-15-4-2-1-3-13(15)11-17-21(19,20)14-7-5-12(6-8-14)9-10-18/h1-8,17-18H,9-11H2. The van der Waals surface area contributed by atoms with Gasteiger partial charge in [-0.3, -0.25) is 0 Å². The van der Waals surface area contributed by atoms with Crippen LogP contribution in [0.25, 0.3) is 0 Å². The van der Waals surface area contributed by atoms with Gasteiger partial charge in [0.2, 0.25) is 10.0 Å². The second kappa shape index (κ2) is 7.17. The zero-order valence-electron chi connectivity index (χ0n) is 11.3. The van der Waals surface area contributed by atoms with Crippen LogP contribution < -0.4 is 4.72 Å². The van der Waals surface area contributed by atoms with Gasteiger partial charge in [0, 0.05) is 17.6 Å². The van der Waals surface area contributed by atoms with E-state index in [-0.39, 0.29) is 18.0 Å². The van der Waals surface area contributed by atoms with Crippen LogP contribution in [-0.2, 0) is 23.0 Å². The number of benzene rings is 2. The molecule has 2 N–H and O–H groups in total. The summed E-state index contributed by atoms with van der Waals surface area (Å²) < 4.78 is 27.9. The van der Waals surface area contributed by atoms with Crippen molar-refractivity contribution in [2.24, 2.45) is 0 Å². The first-order valence-electron chi connectivity index (χ1n) is 6.46. The topological polar surface area (TPSA) is 66.4 Å². The Morgan fingerprint density at radius 3 is 2.33 bits per heavy atom. The largest absolute Gasteiger partial charge is 0.396 e. The number of aliphatic hydroxyl groups is 1. The molecule has 0 aliphatic rings. The Kier molecular flexibility index (Phi) is 5.52. The summed E-state index contributed by atoms with van der Waals surface area (Å²) in [7, 11) is -3.54. The molecule has 0 atom stereocenters. The molecule has 0 amide bonds. The molecule has 2 aromatic carbocycles. The second-order valence-electron chi connectivity index (χ2n) is 4.53. The van der Waals surface area contributed by atoms with Gasteiger partial charge in [0.25, 0.3) is 0 Å². The third-order valence-corrected chi connectivity index (χ3v) is 5.24. The van der Waals surface area contributed by atoms with Gasteiger partial charge in [0.1, 0.15) is 0 Å². The lowest BCUT2D eigenvalue weighted by atomic mass is 10.2. The van der Waals surface area contributed by atoms with Crippen molar-refractivity contribution in [2.75, 3.05) is 6.61 Å². The fraction of sp³-hybridized carbons (Fsp3) is 0.200. The molecule has 6 heteroatoms. The van der Waals surface area contributed by atoms with Crippen LogP contribution in [0.5, 0.6) is 0 Å². The van der Waals surface area contributed by atoms with E-state index >= 15 is 0 Å². The van der Waals surface area contributed by atoms with Crippen LogP contribution in [-0.4, -0.2) is 20.1 Å². The van der Waals surface area contributed by atoms with Crippen molar-refractivity contribution in [2.45, 2.75) is 17.9 Å². The average Bonchev–Trinajstić information content (AvgIpc) is 2.47. The number of hydrogen-bond acceptors (Lipinski definition) is 3. The second-order valence-corrected chi connectivity index (χ2v) is 7.15. The maximum atomic E-state index is 12.2. The molecule has 0 spiro atoms. The summed E-state index contributed by atoms with van der Waals surface area (Å²) >= 11 is 3.39. The third kappa shape index (κ3) is 4.38. The van der Waals surface area contributed by atoms with Crippen LogP contribution in [0.3, 0.4) is 0 Å². The summed E-state index contributed by atoms with van der Waals surface area (Å²) in [5.41, 5.74) is 1.78. The molecular formula is C15H16BrNO3S. The number of halogens is 1. The van der Waals surface area contributed by atoms with E-state index in [1.54, 1.807) is 24.3 Å². The molecule has 0 saturated heterocycles. The molecule has 2 aromatic rings. The van der Waals surface area contributed by atoms with E-state index in [9.17, 15) is 8.42 Å². The Labute approximate surface area is 133 Å². The fourth-order valence-electron chi connectivity index (χ4n) is 1.86. The molecule has 0 aliphatic carbocycles. The van der Waals surface area contributed by atoms with Crippen LogP contribution in [0, 0.1) is 0 Å². The minimum absolute atomic E-state index is 0.0480. The first-order valence-corrected chi connectivity index (χ1v) is 8.73. The average molecular weight is 370 g/mol. The van der Waals surface area contributed by atoms with Gasteiger partial charge in [-0.1, -0.05) is 46.3 Å². The Morgan fingerprint density at radius 2 is 1.71 bits per heavy atom. The Hall–Kier alpha value is -1.21. The summed E-state index contributed by atoms with van der Waals surface area (Å²) in [6.45, 7) is 0.272. The van der Waals surface area contributed by atoms with Crippen LogP contribution in [0.4, 0.5) is 0 Å². The molecule has 0 aliphatic heterocycles. The Balaban J connectivity index is 2.09. The predicted octanol–water partition coefficient (Wildman–Crippen LogP) is 2.46. The van der Waals surface area contributed by atoms with Gasteiger partial charge >= 0.3 is 0 Å². The van der Waals surface area contributed by atoms with Gasteiger partial charge < -0.3 is 5.11 Å². The highest BCUT2D eigenvalue weighted by Gasteiger charge is 2.14. The van der Waals surface area contributed by atoms with E-state index in [0.717, 1.165) is 15.6 Å². The van der Waals surface area contributed by atoms with E-state index in [1.807, 2.05) is 24.3 Å². The van der Waals surface area contributed by atoms with E-state index in [2.05, 4.69) is 20.7 Å². The van der Waals surface area contributed by atoms with Crippen molar-refractivity contribution >= 4 is 26.0 Å². The van der Waals surface area contributed by atoms with Crippen molar-refractivity contribution in [3.63, 3.8) is 0 Å². The third-order valence-electron chi connectivity index (χ3n) is 3.04. The molecule has 0 radical (unpaired) electrons. The maximum Gasteiger partial charge on any atom is 0.240 e. The zero-order valence-corrected chi connectivity index (χ0v) is 13.7. The first kappa shape index (κ1) is 16.2. The smallest absolute Gasteiger partial charge is 0.240 e. The highest BCUT2D eigenvalue weighted by molar-refractivity contribution is 9.10. The SMILES string of the molecule is O=S(=O)(NCc1ccccc1Br)c1ccc(CCO)cc1. The molecule has 4 nitrogen and oxygen atoms in total. The molecule has 0 heterocycles. The number of aliphatic hydroxyl groups excluding tert-OH is 1. The molecule has 0 unspecified atom stereocenters. The Bertz CT molecular complexity index is 699. The highest BCUT2D eigenvalue weighted by atomic mass is 79.9. The van der Waals surface area contributed by atoms with E-state index in [4.69, 9.17) is 5.11 Å². The van der Waals surface area contributed by atoms with Crippen molar-refractivity contribution in [1.82, 2.24) is 4.72 Å². The molecule has 21 heavy (non-hydrogen) atoms. The van der Waals surface area contributed by atoms with Crippen molar-refractivity contribution < 1.29 is 13.5 Å². The van der Waals surface area contributed by atoms with Gasteiger partial charge in [-0.05, 0) is 35.7 Å². The van der Waals surface area contributed by atoms with E-state index < -0.39 is 10.0 Å². The minimum Gasteiger partial charge on any atom is -0.396 e. The van der Waals surface area contributed by atoms with Gasteiger partial charge in [-0.25, -0.2) is 13.1 Å². The fourth-order valence-corrected chi connectivity index (χ4v) is 3.29. The number of sulfonamides is 1. The van der Waals surface area contributed by atoms with Crippen LogP contribution >= 0.6 is 15.9 Å². The van der Waals surface area contributed by atoms with Crippen LogP contribution in [0.2, 0.25) is 0 Å². The zero-order chi connectivity index (χ0) is 15.3. The number of rotatable bonds is 6. The molecule has 2 rings (SSSR count). The van der Waals surface area contributed by atoms with E-state index in [0.29, 0.717) is 6.42 Å². The minimum atomic E-state index is -3.54. The molecule has 0 fully saturated rings. The van der Waals surface area contributed by atoms with Crippen LogP contribution in [0.15, 0.2) is 57.9 Å². The summed E-state index contributed by atoms with van der Waals surface area (Å²) in [6, 6.07) is 14.0. The van der Waals surface area contributed by atoms with Gasteiger partial charge in [0.15, 0.2) is 0 Å². The van der Waals surface area contributed by atoms with Crippen molar-refractivity contribution in [3.8, 4) is 0 Å². The Morgan fingerprint density at radius 1 is 1.05 bits per heavy atom. The lowest BCUT2D eigenvalue weighted by Crippen LogP contribution is -2.23. The van der Waals surface area contributed by atoms with E-state index in [1.165, 1.54) is 0 Å². The molecule has 112 valence electrons. The van der Waals surface area contributed by atoms with Crippen molar-refractivity contribution in [3.05, 3.63) is 64.1 Å². The quantitative estimate of drug-likeness (QED) is 0.821. The van der Waals surface area contributed by atoms with Crippen LogP contribution in [0.1, 0.15) is 11.1 Å².